The Kier molecular flexibility index (Phi) is 4.70. The van der Waals surface area contributed by atoms with E-state index in [4.69, 9.17) is 10.2 Å². The van der Waals surface area contributed by atoms with Gasteiger partial charge in [-0.2, -0.15) is 4.98 Å². The van der Waals surface area contributed by atoms with Crippen LogP contribution in [-0.4, -0.2) is 37.1 Å². The van der Waals surface area contributed by atoms with Crippen LogP contribution in [0.3, 0.4) is 0 Å². The van der Waals surface area contributed by atoms with Crippen LogP contribution in [0.4, 0.5) is 23.3 Å². The average Bonchev–Trinajstić information content (AvgIpc) is 2.63. The molecule has 3 rings (SSSR count). The zero-order chi connectivity index (χ0) is 18.5. The number of nitrogens with one attached hydrogen (secondary N) is 2. The Morgan fingerprint density at radius 3 is 1.42 bits per heavy atom. The van der Waals surface area contributed by atoms with Crippen LogP contribution in [-0.2, 0) is 0 Å². The number of carboxylic acids is 2. The predicted molar refractivity (Wildman–Crippen MR) is 93.2 cm³/mol. The first-order valence-corrected chi connectivity index (χ1v) is 7.41. The van der Waals surface area contributed by atoms with Crippen molar-refractivity contribution in [2.24, 2.45) is 0 Å². The number of hydrogen-bond donors (Lipinski definition) is 4. The molecule has 0 saturated heterocycles. The van der Waals surface area contributed by atoms with Crippen LogP contribution in [0.2, 0.25) is 0 Å². The van der Waals surface area contributed by atoms with E-state index in [9.17, 15) is 9.59 Å². The number of aromatic nitrogens is 3. The first-order chi connectivity index (χ1) is 12.5. The fraction of sp³-hybridized carbons (Fsp3) is 0. The van der Waals surface area contributed by atoms with Gasteiger partial charge >= 0.3 is 11.9 Å². The first kappa shape index (κ1) is 16.8. The van der Waals surface area contributed by atoms with Crippen LogP contribution < -0.4 is 10.6 Å². The molecule has 0 aliphatic carbocycles. The zero-order valence-electron chi connectivity index (χ0n) is 13.2. The van der Waals surface area contributed by atoms with Crippen LogP contribution in [0.5, 0.6) is 0 Å². The van der Waals surface area contributed by atoms with Gasteiger partial charge in [0, 0.05) is 11.4 Å². The third-order valence-electron chi connectivity index (χ3n) is 3.35. The number of rotatable bonds is 6. The van der Waals surface area contributed by atoms with Gasteiger partial charge in [-0.25, -0.2) is 19.6 Å². The maximum Gasteiger partial charge on any atom is 0.335 e. The van der Waals surface area contributed by atoms with Gasteiger partial charge in [-0.3, -0.25) is 0 Å². The summed E-state index contributed by atoms with van der Waals surface area (Å²) in [4.78, 5) is 33.9. The van der Waals surface area contributed by atoms with Crippen molar-refractivity contribution in [3.8, 4) is 0 Å². The van der Waals surface area contributed by atoms with Gasteiger partial charge in [0.05, 0.1) is 11.1 Å². The normalized spacial score (nSPS) is 10.2. The van der Waals surface area contributed by atoms with E-state index < -0.39 is 11.9 Å². The lowest BCUT2D eigenvalue weighted by Gasteiger charge is -2.08. The van der Waals surface area contributed by atoms with Crippen molar-refractivity contribution in [3.05, 3.63) is 66.0 Å². The lowest BCUT2D eigenvalue weighted by molar-refractivity contribution is 0.0686. The molecule has 4 N–H and O–H groups in total. The molecule has 0 unspecified atom stereocenters. The molecular weight excluding hydrogens is 338 g/mol. The average molecular weight is 351 g/mol. The van der Waals surface area contributed by atoms with Crippen LogP contribution in [0, 0.1) is 0 Å². The topological polar surface area (TPSA) is 137 Å². The van der Waals surface area contributed by atoms with Crippen LogP contribution in [0.15, 0.2) is 54.9 Å². The van der Waals surface area contributed by atoms with Gasteiger partial charge in [-0.1, -0.05) is 0 Å². The Morgan fingerprint density at radius 1 is 0.692 bits per heavy atom. The van der Waals surface area contributed by atoms with E-state index in [0.29, 0.717) is 11.4 Å². The molecule has 0 aliphatic rings. The van der Waals surface area contributed by atoms with Crippen molar-refractivity contribution in [3.63, 3.8) is 0 Å². The van der Waals surface area contributed by atoms with Crippen LogP contribution in [0.1, 0.15) is 20.7 Å². The van der Waals surface area contributed by atoms with Crippen molar-refractivity contribution in [1.29, 1.82) is 0 Å². The van der Waals surface area contributed by atoms with Gasteiger partial charge in [0.15, 0.2) is 0 Å². The molecule has 0 aliphatic heterocycles. The Morgan fingerprint density at radius 2 is 1.08 bits per heavy atom. The van der Waals surface area contributed by atoms with E-state index in [-0.39, 0.29) is 23.0 Å². The number of benzene rings is 2. The molecule has 1 aromatic heterocycles. The maximum absolute atomic E-state index is 10.9. The minimum Gasteiger partial charge on any atom is -0.478 e. The summed E-state index contributed by atoms with van der Waals surface area (Å²) in [5.41, 5.74) is 1.60. The standard InChI is InChI=1S/C17H13N5O4/c23-14(24)10-1-5-12(6-2-10)20-16-18-9-19-17(22-16)21-13-7-3-11(4-8-13)15(25)26/h1-9H,(H,23,24)(H,25,26)(H2,18,19,20,21,22). The molecule has 0 amide bonds. The smallest absolute Gasteiger partial charge is 0.335 e. The van der Waals surface area contributed by atoms with E-state index in [1.807, 2.05) is 0 Å². The van der Waals surface area contributed by atoms with Crippen molar-refractivity contribution in [2.45, 2.75) is 0 Å². The largest absolute Gasteiger partial charge is 0.478 e. The predicted octanol–water partition coefficient (Wildman–Crippen LogP) is 2.76. The second-order valence-electron chi connectivity index (χ2n) is 5.15. The molecule has 0 fully saturated rings. The fourth-order valence-electron chi connectivity index (χ4n) is 2.07. The van der Waals surface area contributed by atoms with Crippen LogP contribution >= 0.6 is 0 Å². The highest BCUT2D eigenvalue weighted by Crippen LogP contribution is 2.17. The SMILES string of the molecule is O=C(O)c1ccc(Nc2ncnc(Nc3ccc(C(=O)O)cc3)n2)cc1. The van der Waals surface area contributed by atoms with Crippen molar-refractivity contribution >= 4 is 35.2 Å². The molecule has 3 aromatic rings. The molecular formula is C17H13N5O4. The summed E-state index contributed by atoms with van der Waals surface area (Å²) in [7, 11) is 0. The molecule has 9 heteroatoms. The van der Waals surface area contributed by atoms with Crippen LogP contribution in [0.25, 0.3) is 0 Å². The van der Waals surface area contributed by atoms with Gasteiger partial charge in [0.1, 0.15) is 6.33 Å². The minimum atomic E-state index is -1.00. The number of carbonyl (C=O) groups is 2. The molecule has 0 atom stereocenters. The second-order valence-corrected chi connectivity index (χ2v) is 5.15. The Balaban J connectivity index is 1.71. The number of hydrogen-bond acceptors (Lipinski definition) is 7. The second kappa shape index (κ2) is 7.26. The summed E-state index contributed by atoms with van der Waals surface area (Å²) < 4.78 is 0. The summed E-state index contributed by atoms with van der Waals surface area (Å²) in [5, 5.41) is 23.7. The highest BCUT2D eigenvalue weighted by Gasteiger charge is 2.06. The quantitative estimate of drug-likeness (QED) is 0.528. The Hall–Kier alpha value is -4.01. The Labute approximate surface area is 147 Å². The third kappa shape index (κ3) is 4.09. The summed E-state index contributed by atoms with van der Waals surface area (Å²) in [6.07, 6.45) is 1.31. The van der Waals surface area contributed by atoms with Gasteiger partial charge in [0.2, 0.25) is 11.9 Å². The molecule has 2 aromatic carbocycles. The van der Waals surface area contributed by atoms with E-state index >= 15 is 0 Å². The van der Waals surface area contributed by atoms with E-state index in [1.165, 1.54) is 30.6 Å². The van der Waals surface area contributed by atoms with E-state index in [0.717, 1.165) is 0 Å². The number of aromatic carboxylic acids is 2. The molecule has 0 spiro atoms. The lowest BCUT2D eigenvalue weighted by atomic mass is 10.2. The number of carboxylic acid groups (broad SMARTS) is 2. The zero-order valence-corrected chi connectivity index (χ0v) is 13.2. The monoisotopic (exact) mass is 351 g/mol. The molecule has 0 bridgehead atoms. The van der Waals surface area contributed by atoms with Crippen molar-refractivity contribution in [2.75, 3.05) is 10.6 Å². The van der Waals surface area contributed by atoms with Gasteiger partial charge in [-0.15, -0.1) is 0 Å². The van der Waals surface area contributed by atoms with Gasteiger partial charge in [0.25, 0.3) is 0 Å². The lowest BCUT2D eigenvalue weighted by Crippen LogP contribution is -2.03. The highest BCUT2D eigenvalue weighted by atomic mass is 16.4. The van der Waals surface area contributed by atoms with Gasteiger partial charge in [-0.05, 0) is 48.5 Å². The highest BCUT2D eigenvalue weighted by molar-refractivity contribution is 5.88. The van der Waals surface area contributed by atoms with Gasteiger partial charge < -0.3 is 20.8 Å². The number of nitrogens with zero attached hydrogens (tertiary/aromatic N) is 3. The summed E-state index contributed by atoms with van der Waals surface area (Å²) >= 11 is 0. The summed E-state index contributed by atoms with van der Waals surface area (Å²) in [6, 6.07) is 12.3. The third-order valence-corrected chi connectivity index (χ3v) is 3.35. The van der Waals surface area contributed by atoms with E-state index in [2.05, 4.69) is 25.6 Å². The first-order valence-electron chi connectivity index (χ1n) is 7.41. The molecule has 0 radical (unpaired) electrons. The van der Waals surface area contributed by atoms with Crippen molar-refractivity contribution in [1.82, 2.24) is 15.0 Å². The summed E-state index contributed by atoms with van der Waals surface area (Å²) in [5.74, 6) is -1.46. The molecule has 130 valence electrons. The molecule has 1 heterocycles. The summed E-state index contributed by atoms with van der Waals surface area (Å²) in [6.45, 7) is 0. The number of anilines is 4. The van der Waals surface area contributed by atoms with E-state index in [1.54, 1.807) is 24.3 Å². The Bertz CT molecular complexity index is 867. The molecule has 9 nitrogen and oxygen atoms in total. The fourth-order valence-corrected chi connectivity index (χ4v) is 2.07. The molecule has 26 heavy (non-hydrogen) atoms. The van der Waals surface area contributed by atoms with Crippen molar-refractivity contribution < 1.29 is 19.8 Å². The maximum atomic E-state index is 10.9. The minimum absolute atomic E-state index is 0.179. The molecule has 0 saturated carbocycles.